The molecule has 1 aliphatic rings. The van der Waals surface area contributed by atoms with Crippen molar-refractivity contribution in [1.82, 2.24) is 4.90 Å². The van der Waals surface area contributed by atoms with Crippen molar-refractivity contribution >= 4 is 0 Å². The van der Waals surface area contributed by atoms with E-state index in [9.17, 15) is 10.0 Å². The van der Waals surface area contributed by atoms with E-state index in [0.717, 1.165) is 23.4 Å². The predicted octanol–water partition coefficient (Wildman–Crippen LogP) is 4.35. The molecule has 2 aromatic carbocycles. The maximum atomic E-state index is 11.9. The molecule has 1 fully saturated rings. The van der Waals surface area contributed by atoms with Gasteiger partial charge in [0.1, 0.15) is 17.9 Å². The van der Waals surface area contributed by atoms with Crippen molar-refractivity contribution in [2.24, 2.45) is 5.18 Å². The van der Waals surface area contributed by atoms with Crippen LogP contribution in [0.1, 0.15) is 42.7 Å². The van der Waals surface area contributed by atoms with E-state index in [-0.39, 0.29) is 12.0 Å². The second-order valence-electron chi connectivity index (χ2n) is 8.08. The molecular weight excluding hydrogens is 352 g/mol. The Labute approximate surface area is 167 Å². The first-order chi connectivity index (χ1) is 13.5. The predicted molar refractivity (Wildman–Crippen MR) is 112 cm³/mol. The minimum atomic E-state index is -0.657. The van der Waals surface area contributed by atoms with Crippen molar-refractivity contribution in [3.8, 4) is 5.75 Å². The molecule has 0 spiro atoms. The molecule has 0 aromatic heterocycles. The van der Waals surface area contributed by atoms with Gasteiger partial charge in [-0.2, -0.15) is 4.91 Å². The van der Waals surface area contributed by atoms with Crippen molar-refractivity contribution in [2.45, 2.75) is 49.9 Å². The van der Waals surface area contributed by atoms with Crippen LogP contribution in [0.4, 0.5) is 0 Å². The third kappa shape index (κ3) is 4.97. The maximum absolute atomic E-state index is 11.9. The Morgan fingerprint density at radius 3 is 2.32 bits per heavy atom. The van der Waals surface area contributed by atoms with Crippen LogP contribution in [0.3, 0.4) is 0 Å². The molecule has 1 N–H and O–H groups in total. The van der Waals surface area contributed by atoms with Gasteiger partial charge in [0.2, 0.25) is 0 Å². The molecule has 1 saturated carbocycles. The summed E-state index contributed by atoms with van der Waals surface area (Å²) in [4.78, 5) is 14.0. The largest absolute Gasteiger partial charge is 0.489 e. The first kappa shape index (κ1) is 20.5. The minimum Gasteiger partial charge on any atom is -0.489 e. The Balaban J connectivity index is 1.76. The number of aliphatic hydroxyl groups is 1. The SMILES string of the molecule is CN(C)CC(c1ccc(OCc2ccccc2)cc1)C1(N=O)CCC(O)CC1. The Kier molecular flexibility index (Phi) is 6.81. The fourth-order valence-electron chi connectivity index (χ4n) is 4.09. The highest BCUT2D eigenvalue weighted by atomic mass is 16.5. The fraction of sp³-hybridized carbons (Fsp3) is 0.478. The van der Waals surface area contributed by atoms with Gasteiger partial charge in [0, 0.05) is 12.5 Å². The van der Waals surface area contributed by atoms with Crippen molar-refractivity contribution in [3.05, 3.63) is 70.6 Å². The first-order valence-electron chi connectivity index (χ1n) is 9.96. The monoisotopic (exact) mass is 382 g/mol. The zero-order valence-corrected chi connectivity index (χ0v) is 16.8. The molecule has 5 nitrogen and oxygen atoms in total. The number of nitrogens with zero attached hydrogens (tertiary/aromatic N) is 2. The Morgan fingerprint density at radius 1 is 1.11 bits per heavy atom. The lowest BCUT2D eigenvalue weighted by Gasteiger charge is -2.40. The third-order valence-corrected chi connectivity index (χ3v) is 5.73. The van der Waals surface area contributed by atoms with Gasteiger partial charge in [-0.05, 0) is 63.0 Å². The van der Waals surface area contributed by atoms with E-state index in [0.29, 0.717) is 32.3 Å². The third-order valence-electron chi connectivity index (χ3n) is 5.73. The van der Waals surface area contributed by atoms with Crippen molar-refractivity contribution < 1.29 is 9.84 Å². The lowest BCUT2D eigenvalue weighted by atomic mass is 9.70. The molecule has 2 aromatic rings. The van der Waals surface area contributed by atoms with Gasteiger partial charge in [0.05, 0.1) is 6.10 Å². The number of aliphatic hydroxyl groups excluding tert-OH is 1. The highest BCUT2D eigenvalue weighted by molar-refractivity contribution is 5.32. The van der Waals surface area contributed by atoms with Crippen LogP contribution in [0, 0.1) is 4.91 Å². The zero-order chi connectivity index (χ0) is 20.0. The minimum absolute atomic E-state index is 0.00401. The molecule has 1 aliphatic carbocycles. The Morgan fingerprint density at radius 2 is 1.75 bits per heavy atom. The molecule has 0 saturated heterocycles. The highest BCUT2D eigenvalue weighted by Crippen LogP contribution is 2.43. The number of nitroso groups, excluding NO2 is 1. The molecule has 1 atom stereocenters. The van der Waals surface area contributed by atoms with Crippen LogP contribution in [-0.4, -0.2) is 42.3 Å². The van der Waals surface area contributed by atoms with E-state index in [4.69, 9.17) is 4.74 Å². The molecule has 3 rings (SSSR count). The molecule has 0 heterocycles. The summed E-state index contributed by atoms with van der Waals surface area (Å²) in [6.07, 6.45) is 2.20. The summed E-state index contributed by atoms with van der Waals surface area (Å²) >= 11 is 0. The summed E-state index contributed by atoms with van der Waals surface area (Å²) in [5.74, 6) is 0.805. The van der Waals surface area contributed by atoms with E-state index >= 15 is 0 Å². The quantitative estimate of drug-likeness (QED) is 0.690. The molecule has 0 amide bonds. The van der Waals surface area contributed by atoms with E-state index < -0.39 is 5.54 Å². The topological polar surface area (TPSA) is 62.1 Å². The second-order valence-corrected chi connectivity index (χ2v) is 8.08. The average Bonchev–Trinajstić information content (AvgIpc) is 2.73. The van der Waals surface area contributed by atoms with Gasteiger partial charge < -0.3 is 14.7 Å². The van der Waals surface area contributed by atoms with E-state index in [1.54, 1.807) is 0 Å². The van der Waals surface area contributed by atoms with Crippen LogP contribution in [0.25, 0.3) is 0 Å². The van der Waals surface area contributed by atoms with Crippen LogP contribution >= 0.6 is 0 Å². The maximum Gasteiger partial charge on any atom is 0.119 e. The zero-order valence-electron chi connectivity index (χ0n) is 16.8. The van der Waals surface area contributed by atoms with Crippen molar-refractivity contribution in [2.75, 3.05) is 20.6 Å². The number of hydrogen-bond acceptors (Lipinski definition) is 5. The standard InChI is InChI=1S/C23H30N2O3/c1-25(2)16-22(23(24-27)14-12-20(26)13-15-23)19-8-10-21(11-9-19)28-17-18-6-4-3-5-7-18/h3-11,20,22,26H,12-17H2,1-2H3. The number of benzene rings is 2. The lowest BCUT2D eigenvalue weighted by Crippen LogP contribution is -2.43. The van der Waals surface area contributed by atoms with Crippen molar-refractivity contribution in [1.29, 1.82) is 0 Å². The van der Waals surface area contributed by atoms with Crippen LogP contribution < -0.4 is 4.74 Å². The van der Waals surface area contributed by atoms with Crippen LogP contribution in [0.2, 0.25) is 0 Å². The van der Waals surface area contributed by atoms with E-state index in [1.807, 2.05) is 68.7 Å². The van der Waals surface area contributed by atoms with Crippen LogP contribution in [-0.2, 0) is 6.61 Å². The van der Waals surface area contributed by atoms with Gasteiger partial charge in [-0.1, -0.05) is 47.6 Å². The van der Waals surface area contributed by atoms with Gasteiger partial charge >= 0.3 is 0 Å². The van der Waals surface area contributed by atoms with E-state index in [2.05, 4.69) is 10.1 Å². The lowest BCUT2D eigenvalue weighted by molar-refractivity contribution is 0.0835. The summed E-state index contributed by atoms with van der Waals surface area (Å²) in [6.45, 7) is 1.27. The summed E-state index contributed by atoms with van der Waals surface area (Å²) in [5.41, 5.74) is 1.56. The number of rotatable bonds is 8. The number of hydrogen-bond donors (Lipinski definition) is 1. The van der Waals surface area contributed by atoms with Gasteiger partial charge in [-0.3, -0.25) is 0 Å². The van der Waals surface area contributed by atoms with Crippen LogP contribution in [0.15, 0.2) is 59.8 Å². The highest BCUT2D eigenvalue weighted by Gasteiger charge is 2.44. The van der Waals surface area contributed by atoms with Gasteiger partial charge in [0.25, 0.3) is 0 Å². The number of likely N-dealkylation sites (N-methyl/N-ethyl adjacent to an activating group) is 1. The van der Waals surface area contributed by atoms with Crippen molar-refractivity contribution in [3.63, 3.8) is 0 Å². The summed E-state index contributed by atoms with van der Waals surface area (Å²) in [7, 11) is 4.03. The summed E-state index contributed by atoms with van der Waals surface area (Å²) in [6, 6.07) is 18.1. The molecule has 0 bridgehead atoms. The van der Waals surface area contributed by atoms with Crippen LogP contribution in [0.5, 0.6) is 5.75 Å². The molecule has 28 heavy (non-hydrogen) atoms. The Hall–Kier alpha value is -2.24. The second kappa shape index (κ2) is 9.30. The molecule has 5 heteroatoms. The van der Waals surface area contributed by atoms with Gasteiger partial charge in [0.15, 0.2) is 0 Å². The number of ether oxygens (including phenoxy) is 1. The summed E-state index contributed by atoms with van der Waals surface area (Å²) < 4.78 is 5.89. The normalized spacial score (nSPS) is 23.4. The Bertz CT molecular complexity index is 738. The van der Waals surface area contributed by atoms with Gasteiger partial charge in [-0.15, -0.1) is 0 Å². The first-order valence-corrected chi connectivity index (χ1v) is 9.96. The average molecular weight is 383 g/mol. The van der Waals surface area contributed by atoms with E-state index in [1.165, 1.54) is 0 Å². The molecule has 0 radical (unpaired) electrons. The molecule has 1 unspecified atom stereocenters. The van der Waals surface area contributed by atoms with Gasteiger partial charge in [-0.25, -0.2) is 0 Å². The molecular formula is C23H30N2O3. The summed E-state index contributed by atoms with van der Waals surface area (Å²) in [5, 5.41) is 13.5. The molecule has 150 valence electrons. The smallest absolute Gasteiger partial charge is 0.119 e. The fourth-order valence-corrected chi connectivity index (χ4v) is 4.09. The molecule has 0 aliphatic heterocycles.